The van der Waals surface area contributed by atoms with Crippen molar-refractivity contribution in [1.29, 1.82) is 0 Å². The first kappa shape index (κ1) is 22.9. The molecule has 184 valence electrons. The Kier molecular flexibility index (Phi) is 6.07. The van der Waals surface area contributed by atoms with Crippen LogP contribution in [0.2, 0.25) is 5.02 Å². The summed E-state index contributed by atoms with van der Waals surface area (Å²) in [5.41, 5.74) is 4.08. The Bertz CT molecular complexity index is 1410. The first-order valence-electron chi connectivity index (χ1n) is 12.2. The number of rotatable bonds is 5. The molecule has 0 N–H and O–H groups in total. The zero-order valence-corrected chi connectivity index (χ0v) is 20.8. The number of fused-ring (bicyclic) bond motifs is 3. The SMILES string of the molecule is COc1cccc(C(=O)N2C3CCC2CN(Cc2c(-c4ccc(Cl)cn4)nc4ccccn24)CC3)n1. The molecule has 6 heterocycles. The fraction of sp³-hybridized carbons (Fsp3) is 0.333. The van der Waals surface area contributed by atoms with Gasteiger partial charge in [0.15, 0.2) is 0 Å². The molecule has 6 rings (SSSR count). The molecule has 0 radical (unpaired) electrons. The Morgan fingerprint density at radius 2 is 1.94 bits per heavy atom. The first-order valence-corrected chi connectivity index (χ1v) is 12.6. The van der Waals surface area contributed by atoms with Crippen LogP contribution in [-0.4, -0.2) is 67.3 Å². The van der Waals surface area contributed by atoms with Crippen LogP contribution >= 0.6 is 11.6 Å². The number of carbonyl (C=O) groups is 1. The quantitative estimate of drug-likeness (QED) is 0.404. The van der Waals surface area contributed by atoms with Crippen LogP contribution in [0.15, 0.2) is 60.9 Å². The van der Waals surface area contributed by atoms with Gasteiger partial charge in [-0.2, -0.15) is 0 Å². The van der Waals surface area contributed by atoms with E-state index in [9.17, 15) is 4.79 Å². The van der Waals surface area contributed by atoms with Gasteiger partial charge in [-0.25, -0.2) is 9.97 Å². The second-order valence-corrected chi connectivity index (χ2v) is 9.82. The van der Waals surface area contributed by atoms with Crippen molar-refractivity contribution in [2.75, 3.05) is 20.2 Å². The molecule has 2 fully saturated rings. The third-order valence-electron chi connectivity index (χ3n) is 7.23. The first-order chi connectivity index (χ1) is 17.6. The van der Waals surface area contributed by atoms with E-state index in [2.05, 4.69) is 24.2 Å². The Morgan fingerprint density at radius 1 is 1.06 bits per heavy atom. The molecule has 2 saturated heterocycles. The molecule has 2 atom stereocenters. The Balaban J connectivity index is 1.28. The molecule has 4 aromatic heterocycles. The third-order valence-corrected chi connectivity index (χ3v) is 7.45. The van der Waals surface area contributed by atoms with Crippen LogP contribution in [0.3, 0.4) is 0 Å². The smallest absolute Gasteiger partial charge is 0.273 e. The number of aromatic nitrogens is 4. The van der Waals surface area contributed by atoms with E-state index in [1.54, 1.807) is 25.4 Å². The fourth-order valence-corrected chi connectivity index (χ4v) is 5.64. The van der Waals surface area contributed by atoms with Crippen LogP contribution in [0.25, 0.3) is 17.0 Å². The van der Waals surface area contributed by atoms with Crippen molar-refractivity contribution in [2.24, 2.45) is 0 Å². The number of amides is 1. The lowest BCUT2D eigenvalue weighted by Crippen LogP contribution is -2.43. The lowest BCUT2D eigenvalue weighted by atomic mass is 10.1. The molecule has 0 aliphatic carbocycles. The van der Waals surface area contributed by atoms with E-state index in [1.807, 2.05) is 42.6 Å². The summed E-state index contributed by atoms with van der Waals surface area (Å²) in [4.78, 5) is 31.9. The van der Waals surface area contributed by atoms with Gasteiger partial charge in [-0.05, 0) is 49.6 Å². The lowest BCUT2D eigenvalue weighted by molar-refractivity contribution is 0.0663. The van der Waals surface area contributed by atoms with Gasteiger partial charge in [0, 0.05) is 50.2 Å². The Hall–Kier alpha value is -3.49. The molecule has 36 heavy (non-hydrogen) atoms. The van der Waals surface area contributed by atoms with E-state index in [0.29, 0.717) is 23.1 Å². The van der Waals surface area contributed by atoms with Crippen molar-refractivity contribution >= 4 is 23.2 Å². The molecule has 2 unspecified atom stereocenters. The van der Waals surface area contributed by atoms with Crippen LogP contribution in [-0.2, 0) is 6.54 Å². The molecule has 2 bridgehead atoms. The Labute approximate surface area is 214 Å². The molecule has 0 aromatic carbocycles. The highest BCUT2D eigenvalue weighted by Crippen LogP contribution is 2.33. The number of carbonyl (C=O) groups excluding carboxylic acids is 1. The summed E-state index contributed by atoms with van der Waals surface area (Å²) in [5, 5.41) is 0.600. The molecule has 9 heteroatoms. The van der Waals surface area contributed by atoms with Gasteiger partial charge in [-0.15, -0.1) is 0 Å². The molecule has 0 saturated carbocycles. The minimum atomic E-state index is -0.0101. The van der Waals surface area contributed by atoms with E-state index in [-0.39, 0.29) is 18.0 Å². The number of methoxy groups -OCH3 is 1. The van der Waals surface area contributed by atoms with Crippen molar-refractivity contribution in [3.63, 3.8) is 0 Å². The molecule has 2 aliphatic rings. The van der Waals surface area contributed by atoms with Crippen LogP contribution in [0.1, 0.15) is 35.4 Å². The molecule has 4 aromatic rings. The minimum Gasteiger partial charge on any atom is -0.481 e. The summed E-state index contributed by atoms with van der Waals surface area (Å²) in [5.74, 6) is 0.449. The van der Waals surface area contributed by atoms with Crippen LogP contribution < -0.4 is 4.74 Å². The van der Waals surface area contributed by atoms with Gasteiger partial charge in [0.2, 0.25) is 5.88 Å². The highest BCUT2D eigenvalue weighted by molar-refractivity contribution is 6.30. The largest absolute Gasteiger partial charge is 0.481 e. The number of likely N-dealkylation sites (tertiary alicyclic amines) is 1. The second-order valence-electron chi connectivity index (χ2n) is 9.38. The van der Waals surface area contributed by atoms with Crippen molar-refractivity contribution in [2.45, 2.75) is 37.9 Å². The van der Waals surface area contributed by atoms with E-state index in [4.69, 9.17) is 21.3 Å². The average Bonchev–Trinajstić information content (AvgIpc) is 3.42. The highest BCUT2D eigenvalue weighted by Gasteiger charge is 2.41. The van der Waals surface area contributed by atoms with Crippen LogP contribution in [0.4, 0.5) is 0 Å². The monoisotopic (exact) mass is 502 g/mol. The maximum Gasteiger partial charge on any atom is 0.273 e. The molecular formula is C27H27ClN6O2. The number of hydrogen-bond donors (Lipinski definition) is 0. The van der Waals surface area contributed by atoms with Gasteiger partial charge in [0.1, 0.15) is 17.0 Å². The fourth-order valence-electron chi connectivity index (χ4n) is 5.53. The summed E-state index contributed by atoms with van der Waals surface area (Å²) < 4.78 is 7.38. The summed E-state index contributed by atoms with van der Waals surface area (Å²) in [6.07, 6.45) is 6.66. The van der Waals surface area contributed by atoms with Crippen molar-refractivity contribution in [1.82, 2.24) is 29.2 Å². The Morgan fingerprint density at radius 3 is 2.78 bits per heavy atom. The van der Waals surface area contributed by atoms with Gasteiger partial charge in [-0.1, -0.05) is 23.7 Å². The van der Waals surface area contributed by atoms with Gasteiger partial charge in [-0.3, -0.25) is 14.7 Å². The minimum absolute atomic E-state index is 0.0101. The van der Waals surface area contributed by atoms with E-state index < -0.39 is 0 Å². The van der Waals surface area contributed by atoms with Gasteiger partial charge in [0.25, 0.3) is 5.91 Å². The zero-order valence-electron chi connectivity index (χ0n) is 20.0. The number of nitrogens with zero attached hydrogens (tertiary/aromatic N) is 6. The predicted molar refractivity (Wildman–Crippen MR) is 137 cm³/mol. The van der Waals surface area contributed by atoms with Gasteiger partial charge in [0.05, 0.1) is 23.5 Å². The maximum atomic E-state index is 13.5. The standard InChI is InChI=1S/C27H27ClN6O2/c1-36-25-7-4-5-22(30-25)27(35)34-19-9-10-20(34)16-32(14-12-19)17-23-26(21-11-8-18(28)15-29-21)31-24-6-2-3-13-33(23)24/h2-8,11,13,15,19-20H,9-10,12,14,16-17H2,1H3. The number of hydrogen-bond acceptors (Lipinski definition) is 6. The summed E-state index contributed by atoms with van der Waals surface area (Å²) >= 11 is 6.09. The molecule has 2 aliphatic heterocycles. The summed E-state index contributed by atoms with van der Waals surface area (Å²) in [6, 6.07) is 15.5. The zero-order chi connectivity index (χ0) is 24.6. The van der Waals surface area contributed by atoms with Crippen molar-refractivity contribution in [3.8, 4) is 17.3 Å². The topological polar surface area (TPSA) is 75.9 Å². The number of pyridine rings is 3. The summed E-state index contributed by atoms with van der Waals surface area (Å²) in [6.45, 7) is 2.43. The molecule has 0 spiro atoms. The second kappa shape index (κ2) is 9.52. The maximum absolute atomic E-state index is 13.5. The van der Waals surface area contributed by atoms with E-state index in [1.165, 1.54) is 0 Å². The van der Waals surface area contributed by atoms with Crippen LogP contribution in [0, 0.1) is 0 Å². The normalized spacial score (nSPS) is 20.0. The number of imidazole rings is 1. The average molecular weight is 503 g/mol. The predicted octanol–water partition coefficient (Wildman–Crippen LogP) is 4.33. The van der Waals surface area contributed by atoms with Crippen molar-refractivity contribution < 1.29 is 9.53 Å². The number of ether oxygens (including phenoxy) is 1. The molecule has 8 nitrogen and oxygen atoms in total. The lowest BCUT2D eigenvalue weighted by Gasteiger charge is -2.29. The summed E-state index contributed by atoms with van der Waals surface area (Å²) in [7, 11) is 1.57. The molecular weight excluding hydrogens is 476 g/mol. The number of halogens is 1. The van der Waals surface area contributed by atoms with Crippen molar-refractivity contribution in [3.05, 3.63) is 77.3 Å². The highest BCUT2D eigenvalue weighted by atomic mass is 35.5. The van der Waals surface area contributed by atoms with E-state index >= 15 is 0 Å². The van der Waals surface area contributed by atoms with Gasteiger partial charge >= 0.3 is 0 Å². The van der Waals surface area contributed by atoms with Crippen LogP contribution in [0.5, 0.6) is 5.88 Å². The molecule has 1 amide bonds. The van der Waals surface area contributed by atoms with Gasteiger partial charge < -0.3 is 14.0 Å². The third kappa shape index (κ3) is 4.20. The van der Waals surface area contributed by atoms with E-state index in [0.717, 1.165) is 55.1 Å².